The number of carbonyl (C=O) groups excluding carboxylic acids is 1. The molecule has 1 N–H and O–H groups in total. The van der Waals surface area contributed by atoms with Crippen molar-refractivity contribution in [1.29, 1.82) is 0 Å². The number of nitrogens with zero attached hydrogens (tertiary/aromatic N) is 1. The zero-order valence-electron chi connectivity index (χ0n) is 15.7. The van der Waals surface area contributed by atoms with E-state index in [9.17, 15) is 9.18 Å². The van der Waals surface area contributed by atoms with Crippen molar-refractivity contribution in [1.82, 2.24) is 10.2 Å². The van der Waals surface area contributed by atoms with Crippen LogP contribution in [0.25, 0.3) is 0 Å². The summed E-state index contributed by atoms with van der Waals surface area (Å²) in [6.45, 7) is 5.76. The van der Waals surface area contributed by atoms with Crippen molar-refractivity contribution in [2.75, 3.05) is 26.2 Å². The van der Waals surface area contributed by atoms with E-state index in [2.05, 4.69) is 12.2 Å². The molecule has 0 bridgehead atoms. The quantitative estimate of drug-likeness (QED) is 0.711. The predicted octanol–water partition coefficient (Wildman–Crippen LogP) is 4.51. The summed E-state index contributed by atoms with van der Waals surface area (Å²) >= 11 is 1.50. The van der Waals surface area contributed by atoms with E-state index in [0.717, 1.165) is 49.5 Å². The minimum atomic E-state index is -0.304. The number of halogens is 1. The molecule has 1 fully saturated rings. The summed E-state index contributed by atoms with van der Waals surface area (Å²) in [4.78, 5) is 16.2. The molecule has 1 heterocycles. The van der Waals surface area contributed by atoms with E-state index in [0.29, 0.717) is 5.92 Å². The third-order valence-electron chi connectivity index (χ3n) is 5.00. The molecule has 0 saturated carbocycles. The van der Waals surface area contributed by atoms with Crippen molar-refractivity contribution >= 4 is 17.7 Å². The molecule has 0 aliphatic carbocycles. The fraction of sp³-hybridized carbons (Fsp3) is 0.409. The molecule has 2 aromatic rings. The van der Waals surface area contributed by atoms with Crippen LogP contribution in [0.15, 0.2) is 59.5 Å². The Kier molecular flexibility index (Phi) is 7.30. The van der Waals surface area contributed by atoms with E-state index < -0.39 is 0 Å². The summed E-state index contributed by atoms with van der Waals surface area (Å²) in [6, 6.07) is 16.3. The van der Waals surface area contributed by atoms with Crippen LogP contribution in [0.2, 0.25) is 0 Å². The number of thioether (sulfide) groups is 1. The minimum Gasteiger partial charge on any atom is -0.341 e. The fourth-order valence-electron chi connectivity index (χ4n) is 3.41. The number of benzene rings is 2. The maximum Gasteiger partial charge on any atom is 0.240 e. The molecule has 3 rings (SSSR count). The van der Waals surface area contributed by atoms with Crippen molar-refractivity contribution < 1.29 is 9.18 Å². The van der Waals surface area contributed by atoms with E-state index in [1.807, 2.05) is 35.2 Å². The van der Waals surface area contributed by atoms with Crippen molar-refractivity contribution in [2.24, 2.45) is 5.92 Å². The van der Waals surface area contributed by atoms with Crippen molar-refractivity contribution in [3.63, 3.8) is 0 Å². The highest BCUT2D eigenvalue weighted by atomic mass is 32.2. The van der Waals surface area contributed by atoms with Gasteiger partial charge in [0.2, 0.25) is 5.91 Å². The van der Waals surface area contributed by atoms with E-state index >= 15 is 0 Å². The molecule has 27 heavy (non-hydrogen) atoms. The van der Waals surface area contributed by atoms with Gasteiger partial charge in [0.1, 0.15) is 11.1 Å². The Balaban J connectivity index is 1.71. The van der Waals surface area contributed by atoms with Crippen LogP contribution in [0.4, 0.5) is 4.39 Å². The first kappa shape index (κ1) is 19.9. The van der Waals surface area contributed by atoms with E-state index in [1.165, 1.54) is 23.9 Å². The lowest BCUT2D eigenvalue weighted by Crippen LogP contribution is -2.42. The predicted molar refractivity (Wildman–Crippen MR) is 109 cm³/mol. The summed E-state index contributed by atoms with van der Waals surface area (Å²) < 4.78 is 13.2. The molecular formula is C22H27FN2OS. The van der Waals surface area contributed by atoms with Gasteiger partial charge < -0.3 is 10.2 Å². The van der Waals surface area contributed by atoms with E-state index in [-0.39, 0.29) is 17.0 Å². The molecule has 0 aromatic heterocycles. The van der Waals surface area contributed by atoms with Crippen molar-refractivity contribution in [3.05, 3.63) is 66.0 Å². The lowest BCUT2D eigenvalue weighted by molar-refractivity contribution is -0.132. The number of carbonyl (C=O) groups is 1. The molecule has 2 aromatic carbocycles. The number of piperidine rings is 1. The van der Waals surface area contributed by atoms with Crippen molar-refractivity contribution in [2.45, 2.75) is 29.9 Å². The van der Waals surface area contributed by atoms with Gasteiger partial charge in [-0.05, 0) is 61.7 Å². The van der Waals surface area contributed by atoms with Crippen LogP contribution in [0.5, 0.6) is 0 Å². The zero-order chi connectivity index (χ0) is 19.1. The molecule has 1 aliphatic heterocycles. The zero-order valence-corrected chi connectivity index (χ0v) is 16.6. The lowest BCUT2D eigenvalue weighted by atomic mass is 9.96. The third kappa shape index (κ3) is 5.56. The Morgan fingerprint density at radius 1 is 1.15 bits per heavy atom. The van der Waals surface area contributed by atoms with E-state index in [1.54, 1.807) is 12.1 Å². The van der Waals surface area contributed by atoms with Crippen LogP contribution in [0.1, 0.15) is 30.6 Å². The Morgan fingerprint density at radius 3 is 2.44 bits per heavy atom. The van der Waals surface area contributed by atoms with Gasteiger partial charge in [0.15, 0.2) is 0 Å². The summed E-state index contributed by atoms with van der Waals surface area (Å²) in [5, 5.41) is 3.11. The first-order valence-corrected chi connectivity index (χ1v) is 10.5. The number of amides is 1. The van der Waals surface area contributed by atoms with Crippen LogP contribution in [0, 0.1) is 11.7 Å². The fourth-order valence-corrected chi connectivity index (χ4v) is 4.52. The maximum absolute atomic E-state index is 13.3. The molecule has 1 atom stereocenters. The molecular weight excluding hydrogens is 359 g/mol. The molecule has 0 radical (unpaired) electrons. The Bertz CT molecular complexity index is 715. The number of nitrogens with one attached hydrogen (secondary N) is 1. The van der Waals surface area contributed by atoms with Crippen LogP contribution < -0.4 is 5.32 Å². The molecule has 1 unspecified atom stereocenters. The van der Waals surface area contributed by atoms with Gasteiger partial charge >= 0.3 is 0 Å². The number of likely N-dealkylation sites (tertiary alicyclic amines) is 1. The van der Waals surface area contributed by atoms with Crippen LogP contribution in [0.3, 0.4) is 0 Å². The molecule has 0 spiro atoms. The molecule has 1 amide bonds. The van der Waals surface area contributed by atoms with Crippen LogP contribution in [-0.2, 0) is 4.79 Å². The average Bonchev–Trinajstić information content (AvgIpc) is 2.72. The van der Waals surface area contributed by atoms with Gasteiger partial charge in [-0.3, -0.25) is 4.79 Å². The second kappa shape index (κ2) is 9.90. The second-order valence-corrected chi connectivity index (χ2v) is 8.12. The smallest absolute Gasteiger partial charge is 0.240 e. The van der Waals surface area contributed by atoms with Gasteiger partial charge in [0.05, 0.1) is 0 Å². The topological polar surface area (TPSA) is 32.3 Å². The minimum absolute atomic E-state index is 0.150. The summed E-state index contributed by atoms with van der Waals surface area (Å²) in [5.41, 5.74) is 0.992. The van der Waals surface area contributed by atoms with Crippen molar-refractivity contribution in [3.8, 4) is 0 Å². The molecule has 1 saturated heterocycles. The van der Waals surface area contributed by atoms with Crippen LogP contribution >= 0.6 is 11.8 Å². The Hall–Kier alpha value is -1.85. The molecule has 1 aliphatic rings. The highest BCUT2D eigenvalue weighted by Crippen LogP contribution is 2.37. The molecule has 3 nitrogen and oxygen atoms in total. The number of rotatable bonds is 7. The standard InChI is InChI=1S/C22H27FN2OS/c1-2-24-16-17-12-14-25(15-13-17)22(26)21(18-6-4-3-5-7-18)27-20-10-8-19(23)9-11-20/h3-11,17,21,24H,2,12-16H2,1H3. The summed E-state index contributed by atoms with van der Waals surface area (Å²) in [7, 11) is 0. The van der Waals surface area contributed by atoms with Gasteiger partial charge in [-0.2, -0.15) is 0 Å². The SMILES string of the molecule is CCNCC1CCN(C(=O)C(Sc2ccc(F)cc2)c2ccccc2)CC1. The van der Waals surface area contributed by atoms with Crippen LogP contribution in [-0.4, -0.2) is 37.0 Å². The molecule has 5 heteroatoms. The highest BCUT2D eigenvalue weighted by Gasteiger charge is 2.30. The van der Waals surface area contributed by atoms with Gasteiger partial charge in [0.25, 0.3) is 0 Å². The maximum atomic E-state index is 13.3. The van der Waals surface area contributed by atoms with Gasteiger partial charge in [-0.15, -0.1) is 11.8 Å². The summed E-state index contributed by atoms with van der Waals surface area (Å²) in [6.07, 6.45) is 2.09. The highest BCUT2D eigenvalue weighted by molar-refractivity contribution is 8.00. The Morgan fingerprint density at radius 2 is 1.81 bits per heavy atom. The van der Waals surface area contributed by atoms with Gasteiger partial charge in [-0.1, -0.05) is 37.3 Å². The van der Waals surface area contributed by atoms with Gasteiger partial charge in [0, 0.05) is 18.0 Å². The van der Waals surface area contributed by atoms with E-state index in [4.69, 9.17) is 0 Å². The number of hydrogen-bond donors (Lipinski definition) is 1. The average molecular weight is 387 g/mol. The monoisotopic (exact) mass is 386 g/mol. The van der Waals surface area contributed by atoms with Gasteiger partial charge in [-0.25, -0.2) is 4.39 Å². The first-order chi connectivity index (χ1) is 13.2. The first-order valence-electron chi connectivity index (χ1n) is 9.64. The summed E-state index contributed by atoms with van der Waals surface area (Å²) in [5.74, 6) is 0.538. The second-order valence-electron chi connectivity index (χ2n) is 6.94. The largest absolute Gasteiger partial charge is 0.341 e. The Labute approximate surface area is 165 Å². The normalized spacial score (nSPS) is 16.3. The molecule has 144 valence electrons. The third-order valence-corrected chi connectivity index (χ3v) is 6.26. The number of hydrogen-bond acceptors (Lipinski definition) is 3. The lowest BCUT2D eigenvalue weighted by Gasteiger charge is -2.34.